The number of hydrogen-bond acceptors (Lipinski definition) is 6. The molecule has 8 nitrogen and oxygen atoms in total. The van der Waals surface area contributed by atoms with E-state index in [1.54, 1.807) is 4.90 Å². The molecule has 0 aromatic carbocycles. The van der Waals surface area contributed by atoms with E-state index in [-0.39, 0.29) is 30.1 Å². The number of hydrogen-bond donors (Lipinski definition) is 3. The number of nitrogens with zero attached hydrogens (tertiary/aromatic N) is 2. The number of carbonyl (C=O) groups excluding carboxylic acids is 2. The maximum absolute atomic E-state index is 12.7. The number of aromatic hydroxyl groups is 1. The molecule has 1 aromatic heterocycles. The van der Waals surface area contributed by atoms with Gasteiger partial charge >= 0.3 is 0 Å². The van der Waals surface area contributed by atoms with Gasteiger partial charge in [-0.1, -0.05) is 6.42 Å². The number of nitrogens with one attached hydrogen (secondary N) is 1. The molecule has 8 heteroatoms. The van der Waals surface area contributed by atoms with Crippen molar-refractivity contribution in [2.45, 2.75) is 62.7 Å². The molecule has 1 spiro atoms. The summed E-state index contributed by atoms with van der Waals surface area (Å²) in [6, 6.07) is 1.42. The lowest BCUT2D eigenvalue weighted by Crippen LogP contribution is -2.66. The Morgan fingerprint density at radius 2 is 2.00 bits per heavy atom. The summed E-state index contributed by atoms with van der Waals surface area (Å²) < 4.78 is 6.06. The number of aromatic nitrogens is 1. The van der Waals surface area contributed by atoms with Crippen LogP contribution >= 0.6 is 0 Å². The molecule has 4 rings (SSSR count). The van der Waals surface area contributed by atoms with E-state index in [0.717, 1.165) is 19.3 Å². The van der Waals surface area contributed by atoms with Crippen molar-refractivity contribution >= 4 is 11.8 Å². The van der Waals surface area contributed by atoms with Crippen molar-refractivity contribution in [3.63, 3.8) is 0 Å². The number of aliphatic hydroxyl groups excluding tert-OH is 1. The first-order chi connectivity index (χ1) is 13.8. The van der Waals surface area contributed by atoms with Gasteiger partial charge in [0.05, 0.1) is 29.5 Å². The number of carbonyl (C=O) groups is 2. The summed E-state index contributed by atoms with van der Waals surface area (Å²) in [7, 11) is 0. The van der Waals surface area contributed by atoms with Gasteiger partial charge < -0.3 is 25.2 Å². The van der Waals surface area contributed by atoms with E-state index in [1.165, 1.54) is 18.5 Å². The normalized spacial score (nSPS) is 29.3. The Morgan fingerprint density at radius 3 is 2.62 bits per heavy atom. The van der Waals surface area contributed by atoms with Crippen LogP contribution in [-0.2, 0) is 9.53 Å². The number of aliphatic hydroxyl groups is 1. The molecule has 0 unspecified atom stereocenters. The maximum Gasteiger partial charge on any atom is 0.255 e. The molecule has 2 aliphatic heterocycles. The summed E-state index contributed by atoms with van der Waals surface area (Å²) >= 11 is 0. The zero-order valence-electron chi connectivity index (χ0n) is 16.8. The smallest absolute Gasteiger partial charge is 0.255 e. The molecule has 1 aromatic rings. The predicted octanol–water partition coefficient (Wildman–Crippen LogP) is 1.22. The minimum absolute atomic E-state index is 0.0267. The van der Waals surface area contributed by atoms with Gasteiger partial charge in [-0.15, -0.1) is 0 Å². The van der Waals surface area contributed by atoms with E-state index in [4.69, 9.17) is 4.74 Å². The fourth-order valence-electron chi connectivity index (χ4n) is 4.62. The van der Waals surface area contributed by atoms with Gasteiger partial charge in [0.2, 0.25) is 5.91 Å². The third kappa shape index (κ3) is 3.96. The standard InChI is InChI=1S/C21H29N3O5/c1-20(23-18(27)14-3-2-4-14)13-21(29-12-17(20)26)5-7-24(8-6-21)19(28)15-9-16(25)11-22-10-15/h9-11,14,17,25-26H,2-8,12-13H2,1H3,(H,23,27)/t17-,20-/m1/s1. The molecule has 3 N–H and O–H groups in total. The molecule has 0 bridgehead atoms. The van der Waals surface area contributed by atoms with Crippen molar-refractivity contribution in [1.29, 1.82) is 0 Å². The second-order valence-corrected chi connectivity index (χ2v) is 8.95. The van der Waals surface area contributed by atoms with Crippen LogP contribution in [0.25, 0.3) is 0 Å². The Labute approximate surface area is 170 Å². The molecular formula is C21H29N3O5. The van der Waals surface area contributed by atoms with Gasteiger partial charge in [-0.3, -0.25) is 14.6 Å². The Balaban J connectivity index is 1.40. The number of rotatable bonds is 3. The van der Waals surface area contributed by atoms with Gasteiger partial charge in [-0.05, 0) is 38.7 Å². The van der Waals surface area contributed by atoms with Gasteiger partial charge in [-0.2, -0.15) is 0 Å². The van der Waals surface area contributed by atoms with Crippen LogP contribution in [0.4, 0.5) is 0 Å². The van der Waals surface area contributed by atoms with Crippen molar-refractivity contribution in [2.75, 3.05) is 19.7 Å². The lowest BCUT2D eigenvalue weighted by atomic mass is 9.74. The Hall–Kier alpha value is -2.19. The lowest BCUT2D eigenvalue weighted by molar-refractivity contribution is -0.180. The van der Waals surface area contributed by atoms with Crippen molar-refractivity contribution < 1.29 is 24.5 Å². The number of amides is 2. The van der Waals surface area contributed by atoms with Gasteiger partial charge in [0, 0.05) is 31.6 Å². The van der Waals surface area contributed by atoms with Crippen LogP contribution in [0.5, 0.6) is 5.75 Å². The van der Waals surface area contributed by atoms with Gasteiger partial charge in [0.25, 0.3) is 5.91 Å². The highest BCUT2D eigenvalue weighted by molar-refractivity contribution is 5.94. The quantitative estimate of drug-likeness (QED) is 0.700. The van der Waals surface area contributed by atoms with Crippen LogP contribution in [0.3, 0.4) is 0 Å². The topological polar surface area (TPSA) is 112 Å². The second-order valence-electron chi connectivity index (χ2n) is 8.95. The van der Waals surface area contributed by atoms with Crippen LogP contribution in [-0.4, -0.2) is 68.9 Å². The molecule has 0 radical (unpaired) electrons. The number of ether oxygens (including phenoxy) is 1. The Morgan fingerprint density at radius 1 is 1.28 bits per heavy atom. The Kier molecular flexibility index (Phi) is 5.25. The van der Waals surface area contributed by atoms with Crippen LogP contribution in [0.1, 0.15) is 55.8 Å². The highest BCUT2D eigenvalue weighted by Crippen LogP contribution is 2.40. The molecule has 2 saturated heterocycles. The van der Waals surface area contributed by atoms with Gasteiger partial charge in [0.1, 0.15) is 11.9 Å². The number of piperidine rings is 1. The first kappa shape index (κ1) is 20.1. The van der Waals surface area contributed by atoms with Gasteiger partial charge in [-0.25, -0.2) is 0 Å². The number of likely N-dealkylation sites (tertiary alicyclic amines) is 1. The third-order valence-electron chi connectivity index (χ3n) is 6.79. The lowest BCUT2D eigenvalue weighted by Gasteiger charge is -2.52. The summed E-state index contributed by atoms with van der Waals surface area (Å²) in [5, 5.41) is 23.2. The molecule has 3 heterocycles. The average Bonchev–Trinajstić information content (AvgIpc) is 2.64. The largest absolute Gasteiger partial charge is 0.506 e. The predicted molar refractivity (Wildman–Crippen MR) is 104 cm³/mol. The summed E-state index contributed by atoms with van der Waals surface area (Å²) in [5.41, 5.74) is -0.834. The summed E-state index contributed by atoms with van der Waals surface area (Å²) in [5.74, 6) is -0.112. The molecule has 1 saturated carbocycles. The van der Waals surface area contributed by atoms with Crippen molar-refractivity contribution in [3.8, 4) is 5.75 Å². The summed E-state index contributed by atoms with van der Waals surface area (Å²) in [6.45, 7) is 3.09. The monoisotopic (exact) mass is 403 g/mol. The van der Waals surface area contributed by atoms with E-state index >= 15 is 0 Å². The van der Waals surface area contributed by atoms with E-state index in [9.17, 15) is 19.8 Å². The zero-order valence-corrected chi connectivity index (χ0v) is 16.8. The summed E-state index contributed by atoms with van der Waals surface area (Å²) in [4.78, 5) is 30.8. The minimum atomic E-state index is -0.754. The van der Waals surface area contributed by atoms with E-state index in [1.807, 2.05) is 6.92 Å². The molecular weight excluding hydrogens is 374 g/mol. The first-order valence-corrected chi connectivity index (χ1v) is 10.4. The van der Waals surface area contributed by atoms with Crippen molar-refractivity contribution in [3.05, 3.63) is 24.0 Å². The van der Waals surface area contributed by atoms with E-state index < -0.39 is 17.2 Å². The maximum atomic E-state index is 12.7. The number of pyridine rings is 1. The van der Waals surface area contributed by atoms with Crippen molar-refractivity contribution in [2.24, 2.45) is 5.92 Å². The minimum Gasteiger partial charge on any atom is -0.506 e. The van der Waals surface area contributed by atoms with E-state index in [0.29, 0.717) is 37.9 Å². The second kappa shape index (κ2) is 7.57. The van der Waals surface area contributed by atoms with E-state index in [2.05, 4.69) is 10.3 Å². The first-order valence-electron chi connectivity index (χ1n) is 10.4. The highest BCUT2D eigenvalue weighted by atomic mass is 16.5. The zero-order chi connectivity index (χ0) is 20.6. The molecule has 2 amide bonds. The molecule has 3 fully saturated rings. The van der Waals surface area contributed by atoms with Crippen molar-refractivity contribution in [1.82, 2.24) is 15.2 Å². The Bertz CT molecular complexity index is 788. The fraction of sp³-hybridized carbons (Fsp3) is 0.667. The van der Waals surface area contributed by atoms with Crippen LogP contribution in [0.15, 0.2) is 18.5 Å². The molecule has 29 heavy (non-hydrogen) atoms. The fourth-order valence-corrected chi connectivity index (χ4v) is 4.62. The van der Waals surface area contributed by atoms with Crippen LogP contribution < -0.4 is 5.32 Å². The molecule has 158 valence electrons. The SMILES string of the molecule is C[C@@]1(NC(=O)C2CCC2)CC2(CCN(C(=O)c3cncc(O)c3)CC2)OC[C@H]1O. The van der Waals surface area contributed by atoms with Crippen LogP contribution in [0.2, 0.25) is 0 Å². The molecule has 3 aliphatic rings. The summed E-state index contributed by atoms with van der Waals surface area (Å²) in [6.07, 6.45) is 6.70. The van der Waals surface area contributed by atoms with Crippen LogP contribution in [0, 0.1) is 5.92 Å². The molecule has 1 aliphatic carbocycles. The molecule has 2 atom stereocenters. The highest BCUT2D eigenvalue weighted by Gasteiger charge is 2.51. The third-order valence-corrected chi connectivity index (χ3v) is 6.79. The average molecular weight is 403 g/mol. The van der Waals surface area contributed by atoms with Gasteiger partial charge in [0.15, 0.2) is 0 Å².